The Labute approximate surface area is 106 Å². The third-order valence-corrected chi connectivity index (χ3v) is 3.87. The Hall–Kier alpha value is -1.66. The van der Waals surface area contributed by atoms with Crippen LogP contribution in [-0.2, 0) is 23.0 Å². The molecular formula is C12H15N3O2S. The quantitative estimate of drug-likeness (QED) is 0.820. The highest BCUT2D eigenvalue weighted by Crippen LogP contribution is 2.02. The van der Waals surface area contributed by atoms with E-state index in [1.807, 2.05) is 30.3 Å². The molecule has 1 aromatic heterocycles. The van der Waals surface area contributed by atoms with Crippen LogP contribution in [0.25, 0.3) is 0 Å². The minimum atomic E-state index is -3.25. The van der Waals surface area contributed by atoms with Crippen molar-refractivity contribution >= 4 is 10.0 Å². The van der Waals surface area contributed by atoms with Crippen LogP contribution in [0.3, 0.4) is 0 Å². The van der Waals surface area contributed by atoms with Gasteiger partial charge in [-0.3, -0.25) is 0 Å². The molecule has 0 aliphatic carbocycles. The molecule has 1 heterocycles. The van der Waals surface area contributed by atoms with Gasteiger partial charge in [0, 0.05) is 11.9 Å². The molecule has 0 amide bonds. The lowest BCUT2D eigenvalue weighted by Gasteiger charge is -2.05. The number of rotatable bonds is 6. The fraction of sp³-hybridized carbons (Fsp3) is 0.250. The van der Waals surface area contributed by atoms with Crippen LogP contribution >= 0.6 is 0 Å². The van der Waals surface area contributed by atoms with Crippen molar-refractivity contribution < 1.29 is 8.42 Å². The van der Waals surface area contributed by atoms with Gasteiger partial charge in [-0.05, 0) is 12.0 Å². The second-order valence-electron chi connectivity index (χ2n) is 3.95. The molecule has 0 aliphatic heterocycles. The Bertz CT molecular complexity index is 565. The fourth-order valence-electron chi connectivity index (χ4n) is 1.54. The van der Waals surface area contributed by atoms with E-state index in [4.69, 9.17) is 0 Å². The first-order valence-electron chi connectivity index (χ1n) is 5.64. The standard InChI is InChI=1S/C12H15N3O2S/c16-18(17,15-9-12-8-13-10-14-12)7-6-11-4-2-1-3-5-11/h1-5,8,10,15H,6-7,9H2,(H,13,14). The summed E-state index contributed by atoms with van der Waals surface area (Å²) in [5.74, 6) is 0.0884. The van der Waals surface area contributed by atoms with Crippen molar-refractivity contribution in [1.29, 1.82) is 0 Å². The molecule has 2 aromatic rings. The number of nitrogens with zero attached hydrogens (tertiary/aromatic N) is 1. The molecule has 0 spiro atoms. The molecule has 96 valence electrons. The molecular weight excluding hydrogens is 250 g/mol. The Kier molecular flexibility index (Phi) is 4.11. The molecule has 0 atom stereocenters. The average Bonchev–Trinajstić information content (AvgIpc) is 2.89. The van der Waals surface area contributed by atoms with Gasteiger partial charge in [0.2, 0.25) is 10.0 Å². The van der Waals surface area contributed by atoms with Gasteiger partial charge >= 0.3 is 0 Å². The van der Waals surface area contributed by atoms with Crippen LogP contribution in [0.4, 0.5) is 0 Å². The summed E-state index contributed by atoms with van der Waals surface area (Å²) in [4.78, 5) is 6.67. The number of nitrogens with one attached hydrogen (secondary N) is 2. The van der Waals surface area contributed by atoms with Crippen molar-refractivity contribution in [1.82, 2.24) is 14.7 Å². The van der Waals surface area contributed by atoms with E-state index >= 15 is 0 Å². The highest BCUT2D eigenvalue weighted by Gasteiger charge is 2.10. The lowest BCUT2D eigenvalue weighted by molar-refractivity contribution is 0.580. The van der Waals surface area contributed by atoms with Gasteiger partial charge in [0.05, 0.1) is 18.6 Å². The number of benzene rings is 1. The zero-order chi connectivity index (χ0) is 12.8. The largest absolute Gasteiger partial charge is 0.347 e. The fourth-order valence-corrected chi connectivity index (χ4v) is 2.56. The third kappa shape index (κ3) is 3.97. The summed E-state index contributed by atoms with van der Waals surface area (Å²) in [6, 6.07) is 9.56. The van der Waals surface area contributed by atoms with Gasteiger partial charge in [-0.15, -0.1) is 0 Å². The summed E-state index contributed by atoms with van der Waals surface area (Å²) in [7, 11) is -3.25. The van der Waals surface area contributed by atoms with Crippen molar-refractivity contribution in [3.05, 3.63) is 54.1 Å². The van der Waals surface area contributed by atoms with E-state index in [0.29, 0.717) is 6.42 Å². The van der Waals surface area contributed by atoms with Crippen LogP contribution in [0.2, 0.25) is 0 Å². The molecule has 2 N–H and O–H groups in total. The average molecular weight is 265 g/mol. The molecule has 0 radical (unpaired) electrons. The van der Waals surface area contributed by atoms with Gasteiger partial charge in [-0.2, -0.15) is 0 Å². The van der Waals surface area contributed by atoms with E-state index in [1.165, 1.54) is 6.33 Å². The zero-order valence-corrected chi connectivity index (χ0v) is 10.7. The summed E-state index contributed by atoms with van der Waals surface area (Å²) in [6.07, 6.45) is 3.63. The van der Waals surface area contributed by atoms with Crippen LogP contribution < -0.4 is 4.72 Å². The summed E-state index contributed by atoms with van der Waals surface area (Å²) in [5, 5.41) is 0. The summed E-state index contributed by atoms with van der Waals surface area (Å²) in [5.41, 5.74) is 1.77. The van der Waals surface area contributed by atoms with E-state index in [9.17, 15) is 8.42 Å². The SMILES string of the molecule is O=S(=O)(CCc1ccccc1)NCc1cnc[nH]1. The first-order valence-corrected chi connectivity index (χ1v) is 7.29. The monoisotopic (exact) mass is 265 g/mol. The Morgan fingerprint density at radius 2 is 2.00 bits per heavy atom. The maximum atomic E-state index is 11.8. The highest BCUT2D eigenvalue weighted by atomic mass is 32.2. The number of sulfonamides is 1. The van der Waals surface area contributed by atoms with Gasteiger partial charge in [0.1, 0.15) is 0 Å². The molecule has 0 saturated carbocycles. The van der Waals surface area contributed by atoms with Crippen molar-refractivity contribution in [2.45, 2.75) is 13.0 Å². The molecule has 0 bridgehead atoms. The predicted molar refractivity (Wildman–Crippen MR) is 69.4 cm³/mol. The van der Waals surface area contributed by atoms with Crippen molar-refractivity contribution in [2.24, 2.45) is 0 Å². The van der Waals surface area contributed by atoms with Gasteiger partial charge in [0.25, 0.3) is 0 Å². The molecule has 0 unspecified atom stereocenters. The number of H-pyrrole nitrogens is 1. The van der Waals surface area contributed by atoms with Crippen molar-refractivity contribution in [2.75, 3.05) is 5.75 Å². The van der Waals surface area contributed by atoms with Crippen LogP contribution in [0.1, 0.15) is 11.3 Å². The van der Waals surface area contributed by atoms with Gasteiger partial charge in [-0.25, -0.2) is 18.1 Å². The summed E-state index contributed by atoms with van der Waals surface area (Å²) >= 11 is 0. The van der Waals surface area contributed by atoms with Crippen LogP contribution in [0.5, 0.6) is 0 Å². The number of hydrogen-bond donors (Lipinski definition) is 2. The number of aromatic nitrogens is 2. The molecule has 0 aliphatic rings. The van der Waals surface area contributed by atoms with E-state index < -0.39 is 10.0 Å². The van der Waals surface area contributed by atoms with Crippen LogP contribution in [-0.4, -0.2) is 24.1 Å². The van der Waals surface area contributed by atoms with Crippen LogP contribution in [0.15, 0.2) is 42.9 Å². The first-order chi connectivity index (χ1) is 8.66. The third-order valence-electron chi connectivity index (χ3n) is 2.54. The van der Waals surface area contributed by atoms with E-state index in [1.54, 1.807) is 6.20 Å². The van der Waals surface area contributed by atoms with Crippen molar-refractivity contribution in [3.63, 3.8) is 0 Å². The van der Waals surface area contributed by atoms with E-state index in [0.717, 1.165) is 11.3 Å². The van der Waals surface area contributed by atoms with Crippen molar-refractivity contribution in [3.8, 4) is 0 Å². The molecule has 0 fully saturated rings. The smallest absolute Gasteiger partial charge is 0.212 e. The maximum Gasteiger partial charge on any atom is 0.212 e. The topological polar surface area (TPSA) is 74.8 Å². The molecule has 0 saturated heterocycles. The number of aryl methyl sites for hydroxylation is 1. The predicted octanol–water partition coefficient (Wildman–Crippen LogP) is 1.07. The van der Waals surface area contributed by atoms with Gasteiger partial charge in [0.15, 0.2) is 0 Å². The second kappa shape index (κ2) is 5.79. The second-order valence-corrected chi connectivity index (χ2v) is 5.88. The molecule has 6 heteroatoms. The van der Waals surface area contributed by atoms with E-state index in [2.05, 4.69) is 14.7 Å². The molecule has 1 aromatic carbocycles. The number of imidazole rings is 1. The zero-order valence-electron chi connectivity index (χ0n) is 9.83. The van der Waals surface area contributed by atoms with Gasteiger partial charge < -0.3 is 4.98 Å². The first kappa shape index (κ1) is 12.8. The normalized spacial score (nSPS) is 11.6. The highest BCUT2D eigenvalue weighted by molar-refractivity contribution is 7.89. The van der Waals surface area contributed by atoms with E-state index in [-0.39, 0.29) is 12.3 Å². The lowest BCUT2D eigenvalue weighted by Crippen LogP contribution is -2.27. The number of aromatic amines is 1. The lowest BCUT2D eigenvalue weighted by atomic mass is 10.2. The Balaban J connectivity index is 1.84. The Morgan fingerprint density at radius 1 is 1.22 bits per heavy atom. The summed E-state index contributed by atoms with van der Waals surface area (Å²) in [6.45, 7) is 0.247. The minimum Gasteiger partial charge on any atom is -0.347 e. The maximum absolute atomic E-state index is 11.8. The Morgan fingerprint density at radius 3 is 2.67 bits per heavy atom. The van der Waals surface area contributed by atoms with Gasteiger partial charge in [-0.1, -0.05) is 30.3 Å². The van der Waals surface area contributed by atoms with Crippen LogP contribution in [0, 0.1) is 0 Å². The minimum absolute atomic E-state index is 0.0884. The molecule has 5 nitrogen and oxygen atoms in total. The summed E-state index contributed by atoms with van der Waals surface area (Å²) < 4.78 is 26.0. The number of hydrogen-bond acceptors (Lipinski definition) is 3. The molecule has 2 rings (SSSR count). The molecule has 18 heavy (non-hydrogen) atoms.